The normalized spacial score (nSPS) is 12.2. The molecule has 0 unspecified atom stereocenters. The molecule has 6 heteroatoms. The molecule has 29 heavy (non-hydrogen) atoms. The van der Waals surface area contributed by atoms with Gasteiger partial charge in [-0.15, -0.1) is 0 Å². The Morgan fingerprint density at radius 1 is 0.931 bits per heavy atom. The SMILES string of the molecule is CCCCCCn1c(=N)n(C[C@@H](O)COc2ccccc2OC)c2ccccc21. The average Bonchev–Trinajstić information content (AvgIpc) is 3.01. The largest absolute Gasteiger partial charge is 0.493 e. The quantitative estimate of drug-likeness (QED) is 0.481. The minimum absolute atomic E-state index is 0.128. The molecule has 0 amide bonds. The van der Waals surface area contributed by atoms with Gasteiger partial charge in [-0.05, 0) is 30.7 Å². The van der Waals surface area contributed by atoms with Crippen LogP contribution in [0.3, 0.4) is 0 Å². The molecule has 3 rings (SSSR count). The first-order valence-electron chi connectivity index (χ1n) is 10.3. The van der Waals surface area contributed by atoms with E-state index in [1.54, 1.807) is 7.11 Å². The van der Waals surface area contributed by atoms with Crippen molar-refractivity contribution in [2.24, 2.45) is 0 Å². The summed E-state index contributed by atoms with van der Waals surface area (Å²) in [5.74, 6) is 1.24. The third-order valence-corrected chi connectivity index (χ3v) is 5.10. The Balaban J connectivity index is 1.73. The predicted octanol–water partition coefficient (Wildman–Crippen LogP) is 3.95. The number of para-hydroxylation sites is 4. The molecule has 1 atom stereocenters. The highest BCUT2D eigenvalue weighted by Crippen LogP contribution is 2.26. The van der Waals surface area contributed by atoms with Crippen molar-refractivity contribution in [2.75, 3.05) is 13.7 Å². The first-order valence-corrected chi connectivity index (χ1v) is 10.3. The van der Waals surface area contributed by atoms with E-state index in [1.807, 2.05) is 57.7 Å². The van der Waals surface area contributed by atoms with Crippen LogP contribution in [0.1, 0.15) is 32.6 Å². The number of aryl methyl sites for hydroxylation is 1. The topological polar surface area (TPSA) is 72.4 Å². The highest BCUT2D eigenvalue weighted by Gasteiger charge is 2.15. The fourth-order valence-corrected chi connectivity index (χ4v) is 3.59. The number of nitrogens with one attached hydrogen (secondary N) is 1. The summed E-state index contributed by atoms with van der Waals surface area (Å²) < 4.78 is 14.9. The van der Waals surface area contributed by atoms with Crippen molar-refractivity contribution in [3.05, 3.63) is 54.1 Å². The van der Waals surface area contributed by atoms with Gasteiger partial charge in [0.25, 0.3) is 0 Å². The summed E-state index contributed by atoms with van der Waals surface area (Å²) in [5.41, 5.74) is 2.41. The van der Waals surface area contributed by atoms with Crippen LogP contribution >= 0.6 is 0 Å². The molecule has 0 aliphatic heterocycles. The van der Waals surface area contributed by atoms with Crippen molar-refractivity contribution in [3.63, 3.8) is 0 Å². The standard InChI is InChI=1S/C23H31N3O3/c1-3-4-5-10-15-25-19-11-6-7-12-20(19)26(23(25)24)16-18(27)17-29-22-14-9-8-13-21(22)28-2/h6-9,11-14,18,24,27H,3-5,10,15-17H2,1-2H3/t18-/m1/s1. The third kappa shape index (κ3) is 5.01. The summed E-state index contributed by atoms with van der Waals surface area (Å²) in [6, 6.07) is 15.4. The van der Waals surface area contributed by atoms with Gasteiger partial charge in [0.1, 0.15) is 12.7 Å². The first kappa shape index (κ1) is 21.0. The Bertz CT molecular complexity index is 977. The van der Waals surface area contributed by atoms with Gasteiger partial charge < -0.3 is 23.7 Å². The maximum Gasteiger partial charge on any atom is 0.203 e. The summed E-state index contributed by atoms with van der Waals surface area (Å²) >= 11 is 0. The number of fused-ring (bicyclic) bond motifs is 1. The number of ether oxygens (including phenoxy) is 2. The van der Waals surface area contributed by atoms with E-state index in [1.165, 1.54) is 12.8 Å². The number of imidazole rings is 1. The van der Waals surface area contributed by atoms with Crippen LogP contribution in [0.2, 0.25) is 0 Å². The summed E-state index contributed by atoms with van der Waals surface area (Å²) in [7, 11) is 1.59. The molecule has 0 radical (unpaired) electrons. The predicted molar refractivity (Wildman–Crippen MR) is 114 cm³/mol. The van der Waals surface area contributed by atoms with Crippen molar-refractivity contribution in [1.82, 2.24) is 9.13 Å². The Morgan fingerprint density at radius 3 is 2.28 bits per heavy atom. The lowest BCUT2D eigenvalue weighted by Crippen LogP contribution is -2.31. The lowest BCUT2D eigenvalue weighted by molar-refractivity contribution is 0.0906. The molecule has 2 N–H and O–H groups in total. The van der Waals surface area contributed by atoms with E-state index in [0.717, 1.165) is 30.4 Å². The van der Waals surface area contributed by atoms with E-state index in [-0.39, 0.29) is 6.61 Å². The lowest BCUT2D eigenvalue weighted by atomic mass is 10.2. The molecule has 1 aromatic heterocycles. The molecule has 0 aliphatic carbocycles. The zero-order valence-corrected chi connectivity index (χ0v) is 17.3. The number of methoxy groups -OCH3 is 1. The van der Waals surface area contributed by atoms with Gasteiger partial charge in [0, 0.05) is 6.54 Å². The summed E-state index contributed by atoms with van der Waals surface area (Å²) in [6.07, 6.45) is 3.88. The van der Waals surface area contributed by atoms with Gasteiger partial charge in [0.15, 0.2) is 11.5 Å². The van der Waals surface area contributed by atoms with Crippen molar-refractivity contribution in [1.29, 1.82) is 5.41 Å². The molecular weight excluding hydrogens is 366 g/mol. The Hall–Kier alpha value is -2.73. The van der Waals surface area contributed by atoms with Gasteiger partial charge in [-0.1, -0.05) is 50.5 Å². The number of hydrogen-bond acceptors (Lipinski definition) is 4. The second-order valence-corrected chi connectivity index (χ2v) is 7.25. The maximum absolute atomic E-state index is 10.6. The van der Waals surface area contributed by atoms with E-state index in [4.69, 9.17) is 14.9 Å². The summed E-state index contributed by atoms with van der Waals surface area (Å²) in [4.78, 5) is 0. The van der Waals surface area contributed by atoms with Crippen LogP contribution < -0.4 is 15.1 Å². The minimum Gasteiger partial charge on any atom is -0.493 e. The number of unbranched alkanes of at least 4 members (excludes halogenated alkanes) is 3. The molecule has 0 saturated carbocycles. The highest BCUT2D eigenvalue weighted by molar-refractivity contribution is 5.75. The van der Waals surface area contributed by atoms with Crippen LogP contribution in [0.15, 0.2) is 48.5 Å². The fourth-order valence-electron chi connectivity index (χ4n) is 3.59. The molecule has 156 valence electrons. The number of aliphatic hydroxyl groups excluding tert-OH is 1. The molecular formula is C23H31N3O3. The van der Waals surface area contributed by atoms with Crippen molar-refractivity contribution in [2.45, 2.75) is 51.8 Å². The van der Waals surface area contributed by atoms with Crippen LogP contribution in [0.4, 0.5) is 0 Å². The first-order chi connectivity index (χ1) is 14.2. The minimum atomic E-state index is -0.742. The molecule has 0 saturated heterocycles. The monoisotopic (exact) mass is 397 g/mol. The molecule has 0 spiro atoms. The van der Waals surface area contributed by atoms with Gasteiger partial charge in [-0.2, -0.15) is 0 Å². The number of hydrogen-bond donors (Lipinski definition) is 2. The molecule has 0 aliphatic rings. The summed E-state index contributed by atoms with van der Waals surface area (Å²) in [5, 5.41) is 19.3. The number of rotatable bonds is 11. The van der Waals surface area contributed by atoms with E-state index < -0.39 is 6.10 Å². The molecule has 2 aromatic carbocycles. The van der Waals surface area contributed by atoms with Crippen molar-refractivity contribution >= 4 is 11.0 Å². The number of aliphatic hydroxyl groups is 1. The van der Waals surface area contributed by atoms with Crippen LogP contribution in [-0.2, 0) is 13.1 Å². The number of nitrogens with zero attached hydrogens (tertiary/aromatic N) is 2. The van der Waals surface area contributed by atoms with E-state index in [0.29, 0.717) is 23.7 Å². The lowest BCUT2D eigenvalue weighted by Gasteiger charge is -2.15. The van der Waals surface area contributed by atoms with E-state index in [9.17, 15) is 5.11 Å². The molecule has 3 aromatic rings. The van der Waals surface area contributed by atoms with Gasteiger partial charge in [0.2, 0.25) is 5.62 Å². The van der Waals surface area contributed by atoms with Gasteiger partial charge >= 0.3 is 0 Å². The maximum atomic E-state index is 10.6. The molecule has 0 fully saturated rings. The molecule has 6 nitrogen and oxygen atoms in total. The van der Waals surface area contributed by atoms with E-state index >= 15 is 0 Å². The summed E-state index contributed by atoms with van der Waals surface area (Å²) in [6.45, 7) is 3.45. The molecule has 1 heterocycles. The highest BCUT2D eigenvalue weighted by atomic mass is 16.5. The smallest absolute Gasteiger partial charge is 0.203 e. The van der Waals surface area contributed by atoms with Crippen LogP contribution in [0, 0.1) is 5.41 Å². The Kier molecular flexibility index (Phi) is 7.36. The number of benzene rings is 2. The fraction of sp³-hybridized carbons (Fsp3) is 0.435. The van der Waals surface area contributed by atoms with Gasteiger partial charge in [-0.25, -0.2) is 0 Å². The number of aromatic nitrogens is 2. The van der Waals surface area contributed by atoms with Gasteiger partial charge in [-0.3, -0.25) is 5.41 Å². The van der Waals surface area contributed by atoms with Crippen LogP contribution in [-0.4, -0.2) is 34.1 Å². The second-order valence-electron chi connectivity index (χ2n) is 7.25. The third-order valence-electron chi connectivity index (χ3n) is 5.10. The zero-order valence-electron chi connectivity index (χ0n) is 17.3. The van der Waals surface area contributed by atoms with Crippen LogP contribution in [0.5, 0.6) is 11.5 Å². The molecule has 0 bridgehead atoms. The average molecular weight is 398 g/mol. The van der Waals surface area contributed by atoms with Crippen LogP contribution in [0.25, 0.3) is 11.0 Å². The second kappa shape index (κ2) is 10.2. The Morgan fingerprint density at radius 2 is 1.59 bits per heavy atom. The Labute approximate surface area is 171 Å². The van der Waals surface area contributed by atoms with Crippen molar-refractivity contribution < 1.29 is 14.6 Å². The zero-order chi connectivity index (χ0) is 20.6. The van der Waals surface area contributed by atoms with Crippen molar-refractivity contribution in [3.8, 4) is 11.5 Å². The van der Waals surface area contributed by atoms with E-state index in [2.05, 4.69) is 6.92 Å². The van der Waals surface area contributed by atoms with Gasteiger partial charge in [0.05, 0.1) is 24.7 Å².